The molecule has 1 atom stereocenters. The molecule has 0 saturated heterocycles. The Labute approximate surface area is 146 Å². The maximum absolute atomic E-state index is 10.9. The maximum atomic E-state index is 10.9. The predicted molar refractivity (Wildman–Crippen MR) is 99.1 cm³/mol. The number of nitrogens with one attached hydrogen (secondary N) is 1. The number of hydrogen-bond acceptors (Lipinski definition) is 4. The van der Waals surface area contributed by atoms with Crippen molar-refractivity contribution in [2.45, 2.75) is 17.9 Å². The van der Waals surface area contributed by atoms with E-state index in [9.17, 15) is 4.79 Å². The second-order valence-electron chi connectivity index (χ2n) is 5.90. The minimum Gasteiger partial charge on any atom is -0.480 e. The Hall–Kier alpha value is -2.24. The first-order chi connectivity index (χ1) is 11.5. The molecule has 4 nitrogen and oxygen atoms in total. The van der Waals surface area contributed by atoms with E-state index in [1.54, 1.807) is 11.9 Å². The van der Waals surface area contributed by atoms with Crippen molar-refractivity contribution in [1.82, 2.24) is 4.31 Å². The van der Waals surface area contributed by atoms with E-state index in [1.807, 2.05) is 31.2 Å². The number of carbonyl (C=O) groups is 1. The summed E-state index contributed by atoms with van der Waals surface area (Å²) in [6.45, 7) is 6.25. The molecule has 0 spiro atoms. The van der Waals surface area contributed by atoms with Crippen molar-refractivity contribution in [1.29, 1.82) is 0 Å². The third kappa shape index (κ3) is 3.18. The van der Waals surface area contributed by atoms with Crippen LogP contribution in [-0.2, 0) is 4.79 Å². The zero-order valence-electron chi connectivity index (χ0n) is 13.7. The van der Waals surface area contributed by atoms with Gasteiger partial charge in [0.15, 0.2) is 0 Å². The van der Waals surface area contributed by atoms with Gasteiger partial charge in [0.1, 0.15) is 6.54 Å². The largest absolute Gasteiger partial charge is 0.480 e. The van der Waals surface area contributed by atoms with Crippen molar-refractivity contribution < 1.29 is 9.90 Å². The van der Waals surface area contributed by atoms with Gasteiger partial charge in [-0.05, 0) is 55.3 Å². The monoisotopic (exact) mass is 340 g/mol. The Kier molecular flexibility index (Phi) is 4.64. The van der Waals surface area contributed by atoms with E-state index in [4.69, 9.17) is 5.11 Å². The molecule has 124 valence electrons. The summed E-state index contributed by atoms with van der Waals surface area (Å²) in [6.07, 6.45) is 0. The van der Waals surface area contributed by atoms with Crippen molar-refractivity contribution in [2.24, 2.45) is 0 Å². The number of rotatable bonds is 5. The van der Waals surface area contributed by atoms with E-state index in [0.717, 1.165) is 22.4 Å². The van der Waals surface area contributed by atoms with E-state index in [0.29, 0.717) is 0 Å². The number of nitrogens with zero attached hydrogens (tertiary/aromatic N) is 1. The Morgan fingerprint density at radius 2 is 2.08 bits per heavy atom. The molecule has 2 aromatic carbocycles. The normalized spacial score (nSPS) is 16.7. The van der Waals surface area contributed by atoms with E-state index in [2.05, 4.69) is 41.4 Å². The fraction of sp³-hybridized carbons (Fsp3) is 0.211. The van der Waals surface area contributed by atoms with Crippen LogP contribution >= 0.6 is 11.9 Å². The highest BCUT2D eigenvalue weighted by Gasteiger charge is 2.31. The summed E-state index contributed by atoms with van der Waals surface area (Å²) in [6, 6.07) is 14.3. The Morgan fingerprint density at radius 3 is 2.83 bits per heavy atom. The lowest BCUT2D eigenvalue weighted by Gasteiger charge is -2.24. The van der Waals surface area contributed by atoms with Gasteiger partial charge in [0, 0.05) is 16.1 Å². The third-order valence-electron chi connectivity index (χ3n) is 4.10. The Balaban J connectivity index is 1.98. The highest BCUT2D eigenvalue weighted by atomic mass is 32.2. The van der Waals surface area contributed by atoms with Crippen LogP contribution in [0.3, 0.4) is 0 Å². The molecule has 0 bridgehead atoms. The number of anilines is 1. The van der Waals surface area contributed by atoms with Crippen molar-refractivity contribution in [2.75, 3.05) is 18.9 Å². The Bertz CT molecular complexity index is 804. The molecule has 1 heterocycles. The van der Waals surface area contributed by atoms with Crippen LogP contribution in [0.1, 0.15) is 22.7 Å². The molecule has 1 aliphatic rings. The van der Waals surface area contributed by atoms with Crippen LogP contribution in [-0.4, -0.2) is 29.0 Å². The second-order valence-corrected chi connectivity index (χ2v) is 7.10. The van der Waals surface area contributed by atoms with Gasteiger partial charge in [-0.2, -0.15) is 0 Å². The lowest BCUT2D eigenvalue weighted by molar-refractivity contribution is -0.134. The maximum Gasteiger partial charge on any atom is 0.322 e. The fourth-order valence-corrected chi connectivity index (χ4v) is 4.08. The van der Waals surface area contributed by atoms with Crippen molar-refractivity contribution in [3.8, 4) is 0 Å². The molecule has 2 N–H and O–H groups in total. The molecule has 5 heteroatoms. The van der Waals surface area contributed by atoms with E-state index < -0.39 is 5.97 Å². The van der Waals surface area contributed by atoms with Crippen molar-refractivity contribution in [3.05, 3.63) is 65.7 Å². The Morgan fingerprint density at radius 1 is 1.33 bits per heavy atom. The van der Waals surface area contributed by atoms with E-state index >= 15 is 0 Å². The van der Waals surface area contributed by atoms with Crippen molar-refractivity contribution in [3.63, 3.8) is 0 Å². The summed E-state index contributed by atoms with van der Waals surface area (Å²) < 4.78 is 2.19. The molecule has 0 radical (unpaired) electrons. The topological polar surface area (TPSA) is 52.6 Å². The van der Waals surface area contributed by atoms with Crippen LogP contribution in [0.15, 0.2) is 53.9 Å². The van der Waals surface area contributed by atoms with Gasteiger partial charge in [-0.15, -0.1) is 0 Å². The summed E-state index contributed by atoms with van der Waals surface area (Å²) in [5.41, 5.74) is 5.09. The fourth-order valence-electron chi connectivity index (χ4n) is 3.00. The first-order valence-corrected chi connectivity index (χ1v) is 8.50. The summed E-state index contributed by atoms with van der Waals surface area (Å²) in [5.74, 6) is -0.883. The summed E-state index contributed by atoms with van der Waals surface area (Å²) >= 11 is 1.71. The molecule has 0 aromatic heterocycles. The van der Waals surface area contributed by atoms with Crippen LogP contribution in [0.2, 0.25) is 0 Å². The third-order valence-corrected chi connectivity index (χ3v) is 5.17. The average Bonchev–Trinajstić information content (AvgIpc) is 2.88. The smallest absolute Gasteiger partial charge is 0.322 e. The highest BCUT2D eigenvalue weighted by molar-refractivity contribution is 7.97. The number of hydrogen-bond donors (Lipinski definition) is 2. The molecule has 0 fully saturated rings. The van der Waals surface area contributed by atoms with Crippen LogP contribution in [0.5, 0.6) is 0 Å². The molecule has 24 heavy (non-hydrogen) atoms. The molecule has 3 rings (SSSR count). The minimum absolute atomic E-state index is 0.0679. The number of carboxylic acids is 1. The molecule has 0 saturated carbocycles. The molecule has 1 unspecified atom stereocenters. The van der Waals surface area contributed by atoms with Gasteiger partial charge < -0.3 is 10.4 Å². The number of fused-ring (bicyclic) bond motifs is 1. The van der Waals surface area contributed by atoms with Gasteiger partial charge >= 0.3 is 5.97 Å². The lowest BCUT2D eigenvalue weighted by atomic mass is 9.92. The van der Waals surface area contributed by atoms with Crippen LogP contribution in [0, 0.1) is 6.92 Å². The zero-order chi connectivity index (χ0) is 17.3. The number of likely N-dealkylation sites (N-methyl/N-ethyl adjacent to an activating group) is 1. The van der Waals surface area contributed by atoms with Gasteiger partial charge in [-0.1, -0.05) is 36.4 Å². The summed E-state index contributed by atoms with van der Waals surface area (Å²) in [5, 5.41) is 11.9. The van der Waals surface area contributed by atoms with Crippen LogP contribution in [0.4, 0.5) is 5.69 Å². The molecule has 2 aromatic rings. The van der Waals surface area contributed by atoms with Gasteiger partial charge in [-0.3, -0.25) is 4.79 Å². The average molecular weight is 340 g/mol. The molecular formula is C19H20N2O2S. The molecule has 1 aliphatic heterocycles. The first-order valence-electron chi connectivity index (χ1n) is 7.72. The van der Waals surface area contributed by atoms with Crippen molar-refractivity contribution >= 4 is 29.2 Å². The number of benzene rings is 2. The number of aliphatic carboxylic acids is 1. The predicted octanol–water partition coefficient (Wildman–Crippen LogP) is 4.20. The molecular weight excluding hydrogens is 320 g/mol. The zero-order valence-corrected chi connectivity index (χ0v) is 14.6. The van der Waals surface area contributed by atoms with Crippen LogP contribution < -0.4 is 5.32 Å². The van der Waals surface area contributed by atoms with Gasteiger partial charge in [0.25, 0.3) is 0 Å². The second kappa shape index (κ2) is 6.71. The highest BCUT2D eigenvalue weighted by Crippen LogP contribution is 2.49. The lowest BCUT2D eigenvalue weighted by Crippen LogP contribution is -2.16. The minimum atomic E-state index is -0.883. The number of carboxylic acid groups (broad SMARTS) is 1. The molecule has 0 aliphatic carbocycles. The van der Waals surface area contributed by atoms with Gasteiger partial charge in [0.05, 0.1) is 6.04 Å². The SMILES string of the molecule is C=C(c1cc(C)ccc1NCC(=O)O)C1c2ccccc2SN1C. The number of aryl methyl sites for hydroxylation is 1. The first kappa shape index (κ1) is 16.6. The standard InChI is InChI=1S/C19H20N2O2S/c1-12-8-9-16(20-11-18(22)23)15(10-12)13(2)19-14-6-4-5-7-17(14)24-21(19)3/h4-10,19-20H,2,11H2,1,3H3,(H,22,23). The summed E-state index contributed by atoms with van der Waals surface area (Å²) in [7, 11) is 2.06. The van der Waals surface area contributed by atoms with Gasteiger partial charge in [-0.25, -0.2) is 4.31 Å². The van der Waals surface area contributed by atoms with Gasteiger partial charge in [0.2, 0.25) is 0 Å². The summed E-state index contributed by atoms with van der Waals surface area (Å²) in [4.78, 5) is 12.1. The van der Waals surface area contributed by atoms with E-state index in [-0.39, 0.29) is 12.6 Å². The van der Waals surface area contributed by atoms with Crippen LogP contribution in [0.25, 0.3) is 5.57 Å². The quantitative estimate of drug-likeness (QED) is 0.799. The van der Waals surface area contributed by atoms with E-state index in [1.165, 1.54) is 10.5 Å². The molecule has 0 amide bonds.